The lowest BCUT2D eigenvalue weighted by atomic mass is 10.1. The fraction of sp³-hybridized carbons (Fsp3) is 0.533. The van der Waals surface area contributed by atoms with Gasteiger partial charge in [-0.15, -0.1) is 0 Å². The van der Waals surface area contributed by atoms with E-state index in [4.69, 9.17) is 15.2 Å². The Kier molecular flexibility index (Phi) is 5.52. The van der Waals surface area contributed by atoms with Gasteiger partial charge >= 0.3 is 6.09 Å². The van der Waals surface area contributed by atoms with Gasteiger partial charge in [0.1, 0.15) is 5.82 Å². The third-order valence-electron chi connectivity index (χ3n) is 3.60. The molecule has 0 aliphatic carbocycles. The highest BCUT2D eigenvalue weighted by atomic mass is 19.1. The predicted molar refractivity (Wildman–Crippen MR) is 76.2 cm³/mol. The summed E-state index contributed by atoms with van der Waals surface area (Å²) in [4.78, 5) is 13.4. The molecular formula is C15H21FN2O3. The van der Waals surface area contributed by atoms with Crippen LogP contribution in [0.3, 0.4) is 0 Å². The van der Waals surface area contributed by atoms with Gasteiger partial charge in [0, 0.05) is 13.1 Å². The summed E-state index contributed by atoms with van der Waals surface area (Å²) in [7, 11) is 1.35. The van der Waals surface area contributed by atoms with E-state index in [1.807, 2.05) is 0 Å². The molecule has 1 heterocycles. The fourth-order valence-corrected chi connectivity index (χ4v) is 2.48. The van der Waals surface area contributed by atoms with Gasteiger partial charge in [-0.3, -0.25) is 0 Å². The summed E-state index contributed by atoms with van der Waals surface area (Å²) in [6.45, 7) is 1.30. The first kappa shape index (κ1) is 15.7. The van der Waals surface area contributed by atoms with Crippen LogP contribution < -0.4 is 5.73 Å². The molecule has 1 amide bonds. The average Bonchev–Trinajstić information content (AvgIpc) is 2.95. The molecule has 1 saturated heterocycles. The topological polar surface area (TPSA) is 64.8 Å². The summed E-state index contributed by atoms with van der Waals surface area (Å²) >= 11 is 0. The molecule has 1 aromatic rings. The van der Waals surface area contributed by atoms with Crippen molar-refractivity contribution in [2.75, 3.05) is 20.2 Å². The number of hydrogen-bond donors (Lipinski definition) is 1. The summed E-state index contributed by atoms with van der Waals surface area (Å²) in [5.41, 5.74) is 6.43. The number of hydrogen-bond acceptors (Lipinski definition) is 4. The molecule has 6 heteroatoms. The summed E-state index contributed by atoms with van der Waals surface area (Å²) in [5, 5.41) is 0. The lowest BCUT2D eigenvalue weighted by Gasteiger charge is -2.24. The minimum absolute atomic E-state index is 0.0295. The Bertz CT molecular complexity index is 466. The monoisotopic (exact) mass is 296 g/mol. The van der Waals surface area contributed by atoms with Crippen molar-refractivity contribution in [2.24, 2.45) is 5.73 Å². The van der Waals surface area contributed by atoms with Crippen molar-refractivity contribution in [2.45, 2.75) is 31.6 Å². The van der Waals surface area contributed by atoms with E-state index in [2.05, 4.69) is 0 Å². The lowest BCUT2D eigenvalue weighted by molar-refractivity contribution is 0.0241. The number of amides is 1. The van der Waals surface area contributed by atoms with E-state index in [0.717, 1.165) is 18.4 Å². The Morgan fingerprint density at radius 3 is 2.62 bits per heavy atom. The minimum Gasteiger partial charge on any atom is -0.453 e. The zero-order chi connectivity index (χ0) is 15.2. The van der Waals surface area contributed by atoms with Crippen LogP contribution in [-0.4, -0.2) is 43.4 Å². The molecule has 116 valence electrons. The maximum Gasteiger partial charge on any atom is 0.409 e. The molecule has 1 aliphatic rings. The number of nitrogens with two attached hydrogens (primary N) is 1. The number of carbonyl (C=O) groups excluding carboxylic acids is 1. The molecule has 2 N–H and O–H groups in total. The molecular weight excluding hydrogens is 275 g/mol. The largest absolute Gasteiger partial charge is 0.453 e. The van der Waals surface area contributed by atoms with Crippen molar-refractivity contribution in [1.29, 1.82) is 0 Å². The summed E-state index contributed by atoms with van der Waals surface area (Å²) in [5.74, 6) is -0.298. The summed E-state index contributed by atoms with van der Waals surface area (Å²) < 4.78 is 23.5. The van der Waals surface area contributed by atoms with Gasteiger partial charge in [0.2, 0.25) is 0 Å². The molecule has 0 radical (unpaired) electrons. The maximum atomic E-state index is 12.9. The van der Waals surface area contributed by atoms with E-state index in [1.165, 1.54) is 19.2 Å². The summed E-state index contributed by atoms with van der Waals surface area (Å²) in [6, 6.07) is 6.07. The summed E-state index contributed by atoms with van der Waals surface area (Å²) in [6.07, 6.45) is 1.41. The predicted octanol–water partition coefficient (Wildman–Crippen LogP) is 1.90. The van der Waals surface area contributed by atoms with Crippen LogP contribution in [0.2, 0.25) is 0 Å². The van der Waals surface area contributed by atoms with Crippen molar-refractivity contribution in [1.82, 2.24) is 4.90 Å². The number of benzene rings is 1. The van der Waals surface area contributed by atoms with Crippen molar-refractivity contribution in [3.63, 3.8) is 0 Å². The second-order valence-electron chi connectivity index (χ2n) is 5.17. The quantitative estimate of drug-likeness (QED) is 0.901. The highest BCUT2D eigenvalue weighted by molar-refractivity contribution is 5.67. The molecule has 0 aromatic heterocycles. The number of halogens is 1. The van der Waals surface area contributed by atoms with Crippen molar-refractivity contribution < 1.29 is 18.7 Å². The van der Waals surface area contributed by atoms with Gasteiger partial charge in [0.15, 0.2) is 0 Å². The van der Waals surface area contributed by atoms with Gasteiger partial charge < -0.3 is 20.1 Å². The van der Waals surface area contributed by atoms with Crippen LogP contribution in [0.5, 0.6) is 0 Å². The Morgan fingerprint density at radius 1 is 1.38 bits per heavy atom. The SMILES string of the molecule is COC(=O)N(Cc1ccc(F)cc1)C[C@@H]1CC[C@H](CN)O1. The van der Waals surface area contributed by atoms with Gasteiger partial charge in [0.05, 0.1) is 25.9 Å². The van der Waals surface area contributed by atoms with Gasteiger partial charge in [-0.1, -0.05) is 12.1 Å². The molecule has 0 unspecified atom stereocenters. The van der Waals surface area contributed by atoms with Gasteiger partial charge in [0.25, 0.3) is 0 Å². The molecule has 1 aromatic carbocycles. The molecule has 2 rings (SSSR count). The molecule has 5 nitrogen and oxygen atoms in total. The molecule has 0 spiro atoms. The van der Waals surface area contributed by atoms with Crippen LogP contribution in [0.4, 0.5) is 9.18 Å². The molecule has 2 atom stereocenters. The lowest BCUT2D eigenvalue weighted by Crippen LogP contribution is -2.37. The zero-order valence-corrected chi connectivity index (χ0v) is 12.1. The van der Waals surface area contributed by atoms with E-state index in [0.29, 0.717) is 19.6 Å². The Labute approximate surface area is 123 Å². The number of rotatable bonds is 5. The first-order valence-corrected chi connectivity index (χ1v) is 7.05. The van der Waals surface area contributed by atoms with Crippen molar-refractivity contribution in [3.8, 4) is 0 Å². The van der Waals surface area contributed by atoms with Crippen LogP contribution in [0, 0.1) is 5.82 Å². The van der Waals surface area contributed by atoms with E-state index >= 15 is 0 Å². The number of nitrogens with zero attached hydrogens (tertiary/aromatic N) is 1. The first-order chi connectivity index (χ1) is 10.1. The van der Waals surface area contributed by atoms with Gasteiger partial charge in [-0.25, -0.2) is 9.18 Å². The third-order valence-corrected chi connectivity index (χ3v) is 3.60. The van der Waals surface area contributed by atoms with Crippen LogP contribution in [0.1, 0.15) is 18.4 Å². The van der Waals surface area contributed by atoms with Crippen LogP contribution in [0.15, 0.2) is 24.3 Å². The molecule has 1 aliphatic heterocycles. The van der Waals surface area contributed by atoms with E-state index in [1.54, 1.807) is 17.0 Å². The first-order valence-electron chi connectivity index (χ1n) is 7.05. The Morgan fingerprint density at radius 2 is 2.05 bits per heavy atom. The zero-order valence-electron chi connectivity index (χ0n) is 12.1. The molecule has 21 heavy (non-hydrogen) atoms. The van der Waals surface area contributed by atoms with Crippen LogP contribution >= 0.6 is 0 Å². The van der Waals surface area contributed by atoms with Gasteiger partial charge in [-0.05, 0) is 30.5 Å². The molecule has 0 bridgehead atoms. The molecule has 1 fully saturated rings. The van der Waals surface area contributed by atoms with Gasteiger partial charge in [-0.2, -0.15) is 0 Å². The Balaban J connectivity index is 1.98. The number of carbonyl (C=O) groups is 1. The van der Waals surface area contributed by atoms with E-state index < -0.39 is 6.09 Å². The Hall–Kier alpha value is -1.66. The van der Waals surface area contributed by atoms with E-state index in [-0.39, 0.29) is 18.0 Å². The normalized spacial score (nSPS) is 21.3. The van der Waals surface area contributed by atoms with E-state index in [9.17, 15) is 9.18 Å². The maximum absolute atomic E-state index is 12.9. The fourth-order valence-electron chi connectivity index (χ4n) is 2.48. The standard InChI is InChI=1S/C15H21FN2O3/c1-20-15(19)18(9-11-2-4-12(16)5-3-11)10-14-7-6-13(8-17)21-14/h2-5,13-14H,6-10,17H2,1H3/t13-,14+/m1/s1. The highest BCUT2D eigenvalue weighted by Crippen LogP contribution is 2.21. The number of methoxy groups -OCH3 is 1. The smallest absolute Gasteiger partial charge is 0.409 e. The second kappa shape index (κ2) is 7.38. The third kappa shape index (κ3) is 4.41. The van der Waals surface area contributed by atoms with Crippen molar-refractivity contribution in [3.05, 3.63) is 35.6 Å². The minimum atomic E-state index is -0.417. The van der Waals surface area contributed by atoms with Crippen molar-refractivity contribution >= 4 is 6.09 Å². The molecule has 0 saturated carbocycles. The second-order valence-corrected chi connectivity index (χ2v) is 5.17. The highest BCUT2D eigenvalue weighted by Gasteiger charge is 2.28. The van der Waals surface area contributed by atoms with Crippen LogP contribution in [0.25, 0.3) is 0 Å². The average molecular weight is 296 g/mol. The number of ether oxygens (including phenoxy) is 2. The van der Waals surface area contributed by atoms with Crippen LogP contribution in [-0.2, 0) is 16.0 Å².